The maximum atomic E-state index is 13.3. The van der Waals surface area contributed by atoms with Crippen LogP contribution in [0.3, 0.4) is 0 Å². The first kappa shape index (κ1) is 31.8. The molecule has 4 N–H and O–H groups in total. The number of carboxylic acids is 1. The quantitative estimate of drug-likeness (QED) is 0.367. The summed E-state index contributed by atoms with van der Waals surface area (Å²) in [6, 6.07) is 4.15. The molecule has 0 radical (unpaired) electrons. The highest BCUT2D eigenvalue weighted by molar-refractivity contribution is 6.74. The number of hydrogen-bond acceptors (Lipinski definition) is 7. The number of ether oxygens (including phenoxy) is 1. The topological polar surface area (TPSA) is 166 Å². The Hall–Kier alpha value is -3.45. The summed E-state index contributed by atoms with van der Waals surface area (Å²) < 4.78 is 12.8. The maximum absolute atomic E-state index is 13.3. The van der Waals surface area contributed by atoms with Crippen LogP contribution in [0.1, 0.15) is 59.0 Å². The molecule has 0 aliphatic heterocycles. The molecule has 0 aliphatic rings. The molecule has 12 nitrogen and oxygen atoms in total. The van der Waals surface area contributed by atoms with E-state index in [2.05, 4.69) is 44.3 Å². The summed E-state index contributed by atoms with van der Waals surface area (Å²) in [5.74, 6) is -2.50. The van der Waals surface area contributed by atoms with Crippen molar-refractivity contribution in [1.82, 2.24) is 14.7 Å². The maximum Gasteiger partial charge on any atom is 0.412 e. The summed E-state index contributed by atoms with van der Waals surface area (Å²) in [6.45, 7) is 16.7. The van der Waals surface area contributed by atoms with E-state index >= 15 is 0 Å². The number of aliphatic carboxylic acids is 1. The van der Waals surface area contributed by atoms with E-state index in [1.54, 1.807) is 39.8 Å². The molecule has 1 heterocycles. The van der Waals surface area contributed by atoms with E-state index in [4.69, 9.17) is 14.9 Å². The largest absolute Gasteiger partial charge is 0.480 e. The Kier molecular flexibility index (Phi) is 9.56. The first-order valence-corrected chi connectivity index (χ1v) is 15.6. The fraction of sp³-hybridized carbons (Fsp3) is 0.577. The number of nitrogens with zero attached hydrogens (tertiary/aromatic N) is 3. The number of anilines is 1. The van der Waals surface area contributed by atoms with Gasteiger partial charge in [0.15, 0.2) is 14.0 Å². The van der Waals surface area contributed by atoms with Crippen molar-refractivity contribution in [2.75, 3.05) is 18.5 Å². The summed E-state index contributed by atoms with van der Waals surface area (Å²) in [6.07, 6.45) is -0.678. The van der Waals surface area contributed by atoms with Gasteiger partial charge in [0.05, 0.1) is 18.2 Å². The van der Waals surface area contributed by atoms with Gasteiger partial charge in [-0.15, -0.1) is 0 Å². The van der Waals surface area contributed by atoms with Crippen LogP contribution in [0, 0.1) is 0 Å². The lowest BCUT2D eigenvalue weighted by molar-refractivity contribution is -0.146. The first-order chi connectivity index (χ1) is 17.7. The summed E-state index contributed by atoms with van der Waals surface area (Å²) in [5, 5.41) is 16.6. The predicted octanol–water partition coefficient (Wildman–Crippen LogP) is 3.81. The Bertz CT molecular complexity index is 1240. The lowest BCUT2D eigenvalue weighted by Gasteiger charge is -2.38. The van der Waals surface area contributed by atoms with Crippen molar-refractivity contribution in [3.8, 4) is 0 Å². The molecule has 2 rings (SSSR count). The van der Waals surface area contributed by atoms with Crippen LogP contribution >= 0.6 is 0 Å². The van der Waals surface area contributed by atoms with Crippen LogP contribution in [-0.4, -0.2) is 76.8 Å². The van der Waals surface area contributed by atoms with Crippen molar-refractivity contribution in [1.29, 1.82) is 0 Å². The Balaban J connectivity index is 2.33. The Labute approximate surface area is 229 Å². The van der Waals surface area contributed by atoms with E-state index in [0.717, 1.165) is 0 Å². The molecule has 3 amide bonds. The van der Waals surface area contributed by atoms with Gasteiger partial charge in [-0.3, -0.25) is 24.4 Å². The molecule has 13 heteroatoms. The van der Waals surface area contributed by atoms with Gasteiger partial charge in [-0.25, -0.2) is 4.79 Å². The SMILES string of the molecule is C[C@@H](CO[Si](C)(C)C(C)(C)C)N(CC(=O)O)C(=O)Cn1nc(C(N)=O)c2cc(NC(=O)OC(C)(C)C)ccc21. The number of fused-ring (bicyclic) bond motifs is 1. The predicted molar refractivity (Wildman–Crippen MR) is 150 cm³/mol. The van der Waals surface area contributed by atoms with Gasteiger partial charge in [0.2, 0.25) is 5.91 Å². The highest BCUT2D eigenvalue weighted by atomic mass is 28.4. The second kappa shape index (κ2) is 11.7. The normalized spacial score (nSPS) is 13.2. The fourth-order valence-corrected chi connectivity index (χ4v) is 4.56. The van der Waals surface area contributed by atoms with E-state index in [9.17, 15) is 24.3 Å². The second-order valence-electron chi connectivity index (χ2n) is 12.1. The molecule has 0 fully saturated rings. The summed E-state index contributed by atoms with van der Waals surface area (Å²) in [5.41, 5.74) is 5.49. The molecular weight excluding hydrogens is 522 g/mol. The van der Waals surface area contributed by atoms with E-state index in [1.807, 2.05) is 0 Å². The van der Waals surface area contributed by atoms with Crippen molar-refractivity contribution in [3.63, 3.8) is 0 Å². The highest BCUT2D eigenvalue weighted by Gasteiger charge is 2.38. The summed E-state index contributed by atoms with van der Waals surface area (Å²) in [7, 11) is -2.13. The Morgan fingerprint density at radius 3 is 2.28 bits per heavy atom. The van der Waals surface area contributed by atoms with E-state index < -0.39 is 50.4 Å². The van der Waals surface area contributed by atoms with Gasteiger partial charge < -0.3 is 24.9 Å². The van der Waals surface area contributed by atoms with Crippen LogP contribution in [0.15, 0.2) is 18.2 Å². The minimum absolute atomic E-state index is 0.0509. The summed E-state index contributed by atoms with van der Waals surface area (Å²) in [4.78, 5) is 50.5. The molecule has 0 aliphatic carbocycles. The van der Waals surface area contributed by atoms with Crippen LogP contribution in [0.2, 0.25) is 18.1 Å². The molecule has 0 saturated heterocycles. The lowest BCUT2D eigenvalue weighted by atomic mass is 10.1. The van der Waals surface area contributed by atoms with Gasteiger partial charge in [-0.2, -0.15) is 5.10 Å². The third-order valence-corrected chi connectivity index (χ3v) is 11.1. The number of carbonyl (C=O) groups is 4. The number of amides is 3. The zero-order valence-electron chi connectivity index (χ0n) is 24.2. The van der Waals surface area contributed by atoms with Crippen LogP contribution in [-0.2, 0) is 25.3 Å². The molecule has 1 atom stereocenters. The zero-order chi connectivity index (χ0) is 29.9. The average molecular weight is 564 g/mol. The van der Waals surface area contributed by atoms with Gasteiger partial charge in [0, 0.05) is 11.1 Å². The second-order valence-corrected chi connectivity index (χ2v) is 16.9. The first-order valence-electron chi connectivity index (χ1n) is 12.7. The van der Waals surface area contributed by atoms with Gasteiger partial charge in [-0.05, 0) is 64.0 Å². The lowest BCUT2D eigenvalue weighted by Crippen LogP contribution is -2.49. The van der Waals surface area contributed by atoms with Gasteiger partial charge >= 0.3 is 12.1 Å². The van der Waals surface area contributed by atoms with E-state index in [0.29, 0.717) is 16.6 Å². The molecule has 0 unspecified atom stereocenters. The number of benzene rings is 1. The van der Waals surface area contributed by atoms with Gasteiger partial charge in [-0.1, -0.05) is 20.8 Å². The van der Waals surface area contributed by atoms with Crippen LogP contribution in [0.25, 0.3) is 10.9 Å². The van der Waals surface area contributed by atoms with Crippen LogP contribution in [0.5, 0.6) is 0 Å². The van der Waals surface area contributed by atoms with Crippen molar-refractivity contribution < 1.29 is 33.4 Å². The van der Waals surface area contributed by atoms with Crippen molar-refractivity contribution in [3.05, 3.63) is 23.9 Å². The number of hydrogen-bond donors (Lipinski definition) is 3. The number of nitrogens with one attached hydrogen (secondary N) is 1. The molecule has 216 valence electrons. The molecule has 0 bridgehead atoms. The highest BCUT2D eigenvalue weighted by Crippen LogP contribution is 2.36. The molecule has 0 saturated carbocycles. The van der Waals surface area contributed by atoms with E-state index in [1.165, 1.54) is 15.6 Å². The number of aromatic nitrogens is 2. The summed E-state index contributed by atoms with van der Waals surface area (Å²) >= 11 is 0. The van der Waals surface area contributed by atoms with Crippen LogP contribution < -0.4 is 11.1 Å². The number of rotatable bonds is 10. The van der Waals surface area contributed by atoms with Gasteiger partial charge in [0.1, 0.15) is 18.7 Å². The number of carbonyl (C=O) groups excluding carboxylic acids is 3. The van der Waals surface area contributed by atoms with Crippen LogP contribution in [0.4, 0.5) is 10.5 Å². The third kappa shape index (κ3) is 8.52. The van der Waals surface area contributed by atoms with Gasteiger partial charge in [0.25, 0.3) is 5.91 Å². The number of primary amides is 1. The fourth-order valence-electron chi connectivity index (χ4n) is 3.47. The molecule has 39 heavy (non-hydrogen) atoms. The molecule has 1 aromatic heterocycles. The molecule has 2 aromatic rings. The Morgan fingerprint density at radius 1 is 1.15 bits per heavy atom. The average Bonchev–Trinajstić information content (AvgIpc) is 3.11. The standard InChI is InChI=1S/C26H41N5O7Si/c1-16(15-37-39(8,9)26(5,6)7)30(14-21(33)34)20(32)13-31-19-11-10-17(28-24(36)38-25(2,3)4)12-18(19)22(29-31)23(27)35/h10-12,16H,13-15H2,1-9H3,(H2,27,35)(H,28,36)(H,33,34)/t16-/m0/s1. The monoisotopic (exact) mass is 563 g/mol. The number of nitrogens with two attached hydrogens (primary N) is 1. The third-order valence-electron chi connectivity index (χ3n) is 6.56. The minimum Gasteiger partial charge on any atom is -0.480 e. The Morgan fingerprint density at radius 2 is 1.77 bits per heavy atom. The smallest absolute Gasteiger partial charge is 0.412 e. The number of carboxylic acid groups (broad SMARTS) is 1. The van der Waals surface area contributed by atoms with E-state index in [-0.39, 0.29) is 23.9 Å². The van der Waals surface area contributed by atoms with Crippen molar-refractivity contribution in [2.45, 2.75) is 84.8 Å². The van der Waals surface area contributed by atoms with Crippen molar-refractivity contribution >= 4 is 48.8 Å². The molecule has 0 spiro atoms. The van der Waals surface area contributed by atoms with Crippen molar-refractivity contribution in [2.24, 2.45) is 5.73 Å². The minimum atomic E-state index is -2.13. The molecular formula is C26H41N5O7Si. The zero-order valence-corrected chi connectivity index (χ0v) is 25.2. The molecule has 1 aromatic carbocycles.